The summed E-state index contributed by atoms with van der Waals surface area (Å²) in [6, 6.07) is 17.1. The van der Waals surface area contributed by atoms with Crippen LogP contribution in [-0.2, 0) is 22.9 Å². The van der Waals surface area contributed by atoms with Gasteiger partial charge < -0.3 is 9.84 Å². The summed E-state index contributed by atoms with van der Waals surface area (Å²) in [7, 11) is -3.50. The highest BCUT2D eigenvalue weighted by Gasteiger charge is 2.33. The third-order valence-corrected chi connectivity index (χ3v) is 5.77. The molecule has 1 atom stereocenters. The Labute approximate surface area is 148 Å². The second-order valence-corrected chi connectivity index (χ2v) is 8.40. The van der Waals surface area contributed by atoms with Crippen LogP contribution in [0.4, 0.5) is 0 Å². The fourth-order valence-electron chi connectivity index (χ4n) is 3.04. The Morgan fingerprint density at radius 1 is 1.04 bits per heavy atom. The molecule has 0 amide bonds. The Balaban J connectivity index is 1.50. The summed E-state index contributed by atoms with van der Waals surface area (Å²) in [6.07, 6.45) is 1.77. The van der Waals surface area contributed by atoms with Gasteiger partial charge in [0.05, 0.1) is 11.4 Å². The predicted octanol–water partition coefficient (Wildman–Crippen LogP) is 1.90. The van der Waals surface area contributed by atoms with E-state index in [4.69, 9.17) is 4.74 Å². The smallest absolute Gasteiger partial charge is 0.215 e. The van der Waals surface area contributed by atoms with Gasteiger partial charge in [-0.15, -0.1) is 0 Å². The molecule has 0 fully saturated rings. The molecule has 0 heterocycles. The molecule has 134 valence electrons. The molecule has 0 aromatic heterocycles. The first-order valence-corrected chi connectivity index (χ1v) is 10.1. The largest absolute Gasteiger partial charge is 0.492 e. The maximum Gasteiger partial charge on any atom is 0.215 e. The molecule has 0 bridgehead atoms. The number of aliphatic hydroxyl groups is 1. The maximum absolute atomic E-state index is 12.1. The highest BCUT2D eigenvalue weighted by Crippen LogP contribution is 2.28. The fraction of sp³-hybridized carbons (Fsp3) is 0.368. The van der Waals surface area contributed by atoms with Crippen molar-refractivity contribution in [3.05, 3.63) is 65.7 Å². The first kappa shape index (κ1) is 17.9. The van der Waals surface area contributed by atoms with Gasteiger partial charge in [-0.3, -0.25) is 0 Å². The first-order chi connectivity index (χ1) is 12.0. The third-order valence-electron chi connectivity index (χ3n) is 4.48. The van der Waals surface area contributed by atoms with E-state index in [1.807, 2.05) is 36.4 Å². The molecule has 5 nitrogen and oxygen atoms in total. The van der Waals surface area contributed by atoms with Gasteiger partial charge in [-0.2, -0.15) is 0 Å². The standard InChI is InChI=1S/C19H23NO4S/c21-19(11-10-16-6-4-5-7-17(16)14-19)15-20-25(22,23)13-12-24-18-8-2-1-3-9-18/h1-9,20-21H,10-15H2/t19-/m0/s1. The van der Waals surface area contributed by atoms with Crippen LogP contribution in [0.5, 0.6) is 5.75 Å². The van der Waals surface area contributed by atoms with E-state index in [9.17, 15) is 13.5 Å². The molecule has 0 spiro atoms. The van der Waals surface area contributed by atoms with Crippen LogP contribution in [-0.4, -0.2) is 38.0 Å². The van der Waals surface area contributed by atoms with Crippen molar-refractivity contribution < 1.29 is 18.3 Å². The Bertz CT molecular complexity index is 807. The van der Waals surface area contributed by atoms with E-state index in [0.717, 1.165) is 12.0 Å². The number of hydrogen-bond acceptors (Lipinski definition) is 4. The van der Waals surface area contributed by atoms with Crippen molar-refractivity contribution in [2.45, 2.75) is 24.9 Å². The Morgan fingerprint density at radius 2 is 1.72 bits per heavy atom. The third kappa shape index (κ3) is 5.04. The van der Waals surface area contributed by atoms with Crippen LogP contribution in [0, 0.1) is 0 Å². The zero-order chi connectivity index (χ0) is 17.8. The van der Waals surface area contributed by atoms with Crippen molar-refractivity contribution in [2.75, 3.05) is 18.9 Å². The number of hydrogen-bond donors (Lipinski definition) is 2. The molecule has 6 heteroatoms. The number of nitrogens with one attached hydrogen (secondary N) is 1. The van der Waals surface area contributed by atoms with Gasteiger partial charge in [-0.1, -0.05) is 42.5 Å². The minimum atomic E-state index is -3.50. The minimum Gasteiger partial charge on any atom is -0.492 e. The zero-order valence-corrected chi connectivity index (χ0v) is 14.8. The molecule has 0 unspecified atom stereocenters. The minimum absolute atomic E-state index is 0.0228. The van der Waals surface area contributed by atoms with E-state index in [1.165, 1.54) is 5.56 Å². The van der Waals surface area contributed by atoms with E-state index in [-0.39, 0.29) is 18.9 Å². The highest BCUT2D eigenvalue weighted by atomic mass is 32.2. The Morgan fingerprint density at radius 3 is 2.48 bits per heavy atom. The summed E-state index contributed by atoms with van der Waals surface area (Å²) < 4.78 is 32.3. The van der Waals surface area contributed by atoms with Crippen molar-refractivity contribution in [1.82, 2.24) is 4.72 Å². The monoisotopic (exact) mass is 361 g/mol. The molecule has 25 heavy (non-hydrogen) atoms. The molecule has 2 aromatic carbocycles. The number of sulfonamides is 1. The number of ether oxygens (including phenoxy) is 1. The second-order valence-electron chi connectivity index (χ2n) is 6.47. The molecule has 2 aromatic rings. The number of aryl methyl sites for hydroxylation is 1. The van der Waals surface area contributed by atoms with E-state index >= 15 is 0 Å². The molecule has 2 N–H and O–H groups in total. The number of para-hydroxylation sites is 1. The van der Waals surface area contributed by atoms with E-state index in [2.05, 4.69) is 10.8 Å². The lowest BCUT2D eigenvalue weighted by Gasteiger charge is -2.33. The molecule has 1 aliphatic carbocycles. The van der Waals surface area contributed by atoms with Gasteiger partial charge in [-0.25, -0.2) is 13.1 Å². The van der Waals surface area contributed by atoms with Crippen molar-refractivity contribution >= 4 is 10.0 Å². The predicted molar refractivity (Wildman–Crippen MR) is 97.1 cm³/mol. The summed E-state index contributed by atoms with van der Waals surface area (Å²) in [5.41, 5.74) is 1.27. The summed E-state index contributed by atoms with van der Waals surface area (Å²) in [4.78, 5) is 0. The molecule has 0 saturated carbocycles. The zero-order valence-electron chi connectivity index (χ0n) is 14.0. The number of rotatable bonds is 7. The second kappa shape index (κ2) is 7.56. The van der Waals surface area contributed by atoms with Gasteiger partial charge in [-0.05, 0) is 36.1 Å². The van der Waals surface area contributed by atoms with Crippen LogP contribution in [0.1, 0.15) is 17.5 Å². The highest BCUT2D eigenvalue weighted by molar-refractivity contribution is 7.89. The average molecular weight is 361 g/mol. The van der Waals surface area contributed by atoms with Crippen molar-refractivity contribution in [1.29, 1.82) is 0 Å². The summed E-state index contributed by atoms with van der Waals surface area (Å²) in [5, 5.41) is 10.7. The lowest BCUT2D eigenvalue weighted by molar-refractivity contribution is 0.0317. The van der Waals surface area contributed by atoms with Crippen molar-refractivity contribution in [3.8, 4) is 5.75 Å². The van der Waals surface area contributed by atoms with Crippen LogP contribution < -0.4 is 9.46 Å². The summed E-state index contributed by atoms with van der Waals surface area (Å²) in [5.74, 6) is 0.495. The quantitative estimate of drug-likeness (QED) is 0.790. The van der Waals surface area contributed by atoms with Gasteiger partial charge in [0, 0.05) is 13.0 Å². The van der Waals surface area contributed by atoms with Crippen molar-refractivity contribution in [2.24, 2.45) is 0 Å². The molecule has 0 saturated heterocycles. The van der Waals surface area contributed by atoms with Crippen LogP contribution >= 0.6 is 0 Å². The van der Waals surface area contributed by atoms with Gasteiger partial charge in [0.2, 0.25) is 10.0 Å². The number of fused-ring (bicyclic) bond motifs is 1. The molecule has 1 aliphatic rings. The van der Waals surface area contributed by atoms with Crippen LogP contribution in [0.3, 0.4) is 0 Å². The van der Waals surface area contributed by atoms with Crippen molar-refractivity contribution in [3.63, 3.8) is 0 Å². The van der Waals surface area contributed by atoms with Gasteiger partial charge >= 0.3 is 0 Å². The van der Waals surface area contributed by atoms with E-state index in [0.29, 0.717) is 18.6 Å². The van der Waals surface area contributed by atoms with E-state index in [1.54, 1.807) is 12.1 Å². The van der Waals surface area contributed by atoms with Crippen LogP contribution in [0.25, 0.3) is 0 Å². The van der Waals surface area contributed by atoms with Gasteiger partial charge in [0.1, 0.15) is 12.4 Å². The average Bonchev–Trinajstić information content (AvgIpc) is 2.61. The summed E-state index contributed by atoms with van der Waals surface area (Å²) >= 11 is 0. The van der Waals surface area contributed by atoms with Crippen LogP contribution in [0.15, 0.2) is 54.6 Å². The molecule has 0 radical (unpaired) electrons. The lowest BCUT2D eigenvalue weighted by atomic mass is 9.80. The molecule has 3 rings (SSSR count). The SMILES string of the molecule is O=S(=O)(CCOc1ccccc1)NC[C@]1(O)CCc2ccccc2C1. The summed E-state index contributed by atoms with van der Waals surface area (Å²) in [6.45, 7) is 0.0929. The van der Waals surface area contributed by atoms with E-state index < -0.39 is 15.6 Å². The normalized spacial score (nSPS) is 20.0. The Kier molecular flexibility index (Phi) is 5.42. The van der Waals surface area contributed by atoms with Gasteiger partial charge in [0.15, 0.2) is 0 Å². The Hall–Kier alpha value is -1.89. The fourth-order valence-corrected chi connectivity index (χ4v) is 3.97. The molecular formula is C19H23NO4S. The topological polar surface area (TPSA) is 75.6 Å². The van der Waals surface area contributed by atoms with Crippen LogP contribution in [0.2, 0.25) is 0 Å². The van der Waals surface area contributed by atoms with Gasteiger partial charge in [0.25, 0.3) is 0 Å². The number of benzene rings is 2. The maximum atomic E-state index is 12.1. The molecular weight excluding hydrogens is 338 g/mol. The molecule has 0 aliphatic heterocycles. The first-order valence-electron chi connectivity index (χ1n) is 8.40. The lowest BCUT2D eigenvalue weighted by Crippen LogP contribution is -2.47.